The van der Waals surface area contributed by atoms with Crippen molar-refractivity contribution in [2.75, 3.05) is 5.73 Å². The van der Waals surface area contributed by atoms with Crippen molar-refractivity contribution in [3.63, 3.8) is 0 Å². The Morgan fingerprint density at radius 1 is 1.00 bits per heavy atom. The van der Waals surface area contributed by atoms with Gasteiger partial charge in [0.2, 0.25) is 5.82 Å². The molecule has 21 heavy (non-hydrogen) atoms. The van der Waals surface area contributed by atoms with Crippen LogP contribution in [0.3, 0.4) is 0 Å². The van der Waals surface area contributed by atoms with Crippen LogP contribution in [-0.2, 0) is 12.8 Å². The summed E-state index contributed by atoms with van der Waals surface area (Å²) in [6.45, 7) is 0. The largest absolute Gasteiger partial charge is 0.398 e. The first-order valence-corrected chi connectivity index (χ1v) is 7.12. The first-order valence-electron chi connectivity index (χ1n) is 7.12. The zero-order chi connectivity index (χ0) is 14.2. The lowest BCUT2D eigenvalue weighted by atomic mass is 10.1. The van der Waals surface area contributed by atoms with Crippen LogP contribution in [0, 0.1) is 0 Å². The van der Waals surface area contributed by atoms with E-state index in [1.54, 1.807) is 0 Å². The molecule has 4 heteroatoms. The van der Waals surface area contributed by atoms with Gasteiger partial charge in [0.25, 0.3) is 5.89 Å². The predicted molar refractivity (Wildman–Crippen MR) is 81.6 cm³/mol. The standard InChI is InChI=1S/C17H15N3O/c18-15-7-2-1-6-14(15)16-19-17(21-20-16)13-9-8-11-4-3-5-12(11)10-13/h1-2,6-10H,3-5,18H2. The fourth-order valence-corrected chi connectivity index (χ4v) is 2.86. The molecular formula is C17H15N3O. The molecule has 1 aliphatic rings. The highest BCUT2D eigenvalue weighted by molar-refractivity contribution is 5.72. The Hall–Kier alpha value is -2.62. The van der Waals surface area contributed by atoms with Gasteiger partial charge in [-0.3, -0.25) is 0 Å². The topological polar surface area (TPSA) is 64.9 Å². The third kappa shape index (κ3) is 2.09. The van der Waals surface area contributed by atoms with Crippen LogP contribution in [0.2, 0.25) is 0 Å². The fourth-order valence-electron chi connectivity index (χ4n) is 2.86. The predicted octanol–water partition coefficient (Wildman–Crippen LogP) is 3.47. The van der Waals surface area contributed by atoms with Crippen LogP contribution in [0.1, 0.15) is 17.5 Å². The Morgan fingerprint density at radius 3 is 2.76 bits per heavy atom. The molecule has 2 N–H and O–H groups in total. The van der Waals surface area contributed by atoms with Crippen molar-refractivity contribution in [2.45, 2.75) is 19.3 Å². The molecule has 0 bridgehead atoms. The van der Waals surface area contributed by atoms with E-state index in [1.807, 2.05) is 24.3 Å². The first kappa shape index (κ1) is 12.1. The van der Waals surface area contributed by atoms with E-state index in [1.165, 1.54) is 24.0 Å². The number of aryl methyl sites for hydroxylation is 2. The summed E-state index contributed by atoms with van der Waals surface area (Å²) in [4.78, 5) is 4.48. The number of anilines is 1. The molecule has 104 valence electrons. The summed E-state index contributed by atoms with van der Waals surface area (Å²) in [5.41, 5.74) is 11.2. The molecule has 0 saturated heterocycles. The van der Waals surface area contributed by atoms with Gasteiger partial charge in [0.05, 0.1) is 0 Å². The zero-order valence-corrected chi connectivity index (χ0v) is 11.5. The Labute approximate surface area is 122 Å². The summed E-state index contributed by atoms with van der Waals surface area (Å²) in [6.07, 6.45) is 3.54. The molecule has 4 rings (SSSR count). The van der Waals surface area contributed by atoms with Gasteiger partial charge in [0.1, 0.15) is 0 Å². The second-order valence-corrected chi connectivity index (χ2v) is 5.35. The Balaban J connectivity index is 1.73. The van der Waals surface area contributed by atoms with Gasteiger partial charge in [0.15, 0.2) is 0 Å². The Morgan fingerprint density at radius 2 is 1.86 bits per heavy atom. The summed E-state index contributed by atoms with van der Waals surface area (Å²) in [7, 11) is 0. The second-order valence-electron chi connectivity index (χ2n) is 5.35. The summed E-state index contributed by atoms with van der Waals surface area (Å²) in [5, 5.41) is 4.05. The molecule has 0 aliphatic heterocycles. The number of hydrogen-bond donors (Lipinski definition) is 1. The first-order chi connectivity index (χ1) is 10.3. The smallest absolute Gasteiger partial charge is 0.258 e. The van der Waals surface area contributed by atoms with E-state index in [4.69, 9.17) is 10.3 Å². The maximum Gasteiger partial charge on any atom is 0.258 e. The third-order valence-corrected chi connectivity index (χ3v) is 3.97. The van der Waals surface area contributed by atoms with E-state index < -0.39 is 0 Å². The lowest BCUT2D eigenvalue weighted by molar-refractivity contribution is 0.432. The SMILES string of the molecule is Nc1ccccc1-c1noc(-c2ccc3c(c2)CCC3)n1. The lowest BCUT2D eigenvalue weighted by Crippen LogP contribution is -1.90. The van der Waals surface area contributed by atoms with Crippen molar-refractivity contribution in [1.29, 1.82) is 0 Å². The van der Waals surface area contributed by atoms with Crippen molar-refractivity contribution >= 4 is 5.69 Å². The zero-order valence-electron chi connectivity index (χ0n) is 11.5. The quantitative estimate of drug-likeness (QED) is 0.728. The molecule has 0 radical (unpaired) electrons. The van der Waals surface area contributed by atoms with Gasteiger partial charge in [-0.15, -0.1) is 0 Å². The molecule has 0 unspecified atom stereocenters. The van der Waals surface area contributed by atoms with Crippen LogP contribution < -0.4 is 5.73 Å². The van der Waals surface area contributed by atoms with Crippen LogP contribution >= 0.6 is 0 Å². The highest BCUT2D eigenvalue weighted by Gasteiger charge is 2.16. The van der Waals surface area contributed by atoms with Crippen molar-refractivity contribution in [2.24, 2.45) is 0 Å². The molecular weight excluding hydrogens is 262 g/mol. The summed E-state index contributed by atoms with van der Waals surface area (Å²) >= 11 is 0. The van der Waals surface area contributed by atoms with Crippen molar-refractivity contribution < 1.29 is 4.52 Å². The summed E-state index contributed by atoms with van der Waals surface area (Å²) < 4.78 is 5.40. The fraction of sp³-hybridized carbons (Fsp3) is 0.176. The highest BCUT2D eigenvalue weighted by Crippen LogP contribution is 2.29. The number of nitrogens with two attached hydrogens (primary N) is 1. The molecule has 0 spiro atoms. The number of aromatic nitrogens is 2. The minimum atomic E-state index is 0.531. The number of nitrogens with zero attached hydrogens (tertiary/aromatic N) is 2. The molecule has 4 nitrogen and oxygen atoms in total. The lowest BCUT2D eigenvalue weighted by Gasteiger charge is -2.00. The van der Waals surface area contributed by atoms with Crippen LogP contribution in [-0.4, -0.2) is 10.1 Å². The molecule has 1 aliphatic carbocycles. The van der Waals surface area contributed by atoms with Gasteiger partial charge >= 0.3 is 0 Å². The van der Waals surface area contributed by atoms with Gasteiger partial charge in [-0.05, 0) is 54.7 Å². The van der Waals surface area contributed by atoms with Crippen LogP contribution in [0.15, 0.2) is 47.0 Å². The van der Waals surface area contributed by atoms with Gasteiger partial charge in [0, 0.05) is 16.8 Å². The van der Waals surface area contributed by atoms with E-state index in [-0.39, 0.29) is 0 Å². The summed E-state index contributed by atoms with van der Waals surface area (Å²) in [5.74, 6) is 1.08. The number of benzene rings is 2. The van der Waals surface area contributed by atoms with E-state index in [2.05, 4.69) is 28.3 Å². The van der Waals surface area contributed by atoms with E-state index in [0.29, 0.717) is 17.4 Å². The number of fused-ring (bicyclic) bond motifs is 1. The molecule has 3 aromatic rings. The Bertz CT molecular complexity index is 807. The average molecular weight is 277 g/mol. The number of para-hydroxylation sites is 1. The van der Waals surface area contributed by atoms with Gasteiger partial charge < -0.3 is 10.3 Å². The van der Waals surface area contributed by atoms with Crippen LogP contribution in [0.25, 0.3) is 22.8 Å². The molecule has 0 atom stereocenters. The molecule has 1 aromatic heterocycles. The molecule has 2 aromatic carbocycles. The van der Waals surface area contributed by atoms with Crippen molar-refractivity contribution in [3.05, 3.63) is 53.6 Å². The monoisotopic (exact) mass is 277 g/mol. The Kier molecular flexibility index (Phi) is 2.74. The molecule has 0 fully saturated rings. The average Bonchev–Trinajstić information content (AvgIpc) is 3.16. The van der Waals surface area contributed by atoms with Crippen molar-refractivity contribution in [3.8, 4) is 22.8 Å². The van der Waals surface area contributed by atoms with Gasteiger partial charge in [-0.2, -0.15) is 4.98 Å². The van der Waals surface area contributed by atoms with Crippen LogP contribution in [0.4, 0.5) is 5.69 Å². The number of nitrogen functional groups attached to an aromatic ring is 1. The summed E-state index contributed by atoms with van der Waals surface area (Å²) in [6, 6.07) is 13.9. The maximum absolute atomic E-state index is 5.95. The number of hydrogen-bond acceptors (Lipinski definition) is 4. The normalized spacial score (nSPS) is 13.3. The molecule has 0 saturated carbocycles. The van der Waals surface area contributed by atoms with Gasteiger partial charge in [-0.1, -0.05) is 23.4 Å². The van der Waals surface area contributed by atoms with Crippen molar-refractivity contribution in [1.82, 2.24) is 10.1 Å². The molecule has 0 amide bonds. The number of rotatable bonds is 2. The van der Waals surface area contributed by atoms with E-state index in [9.17, 15) is 0 Å². The third-order valence-electron chi connectivity index (χ3n) is 3.97. The van der Waals surface area contributed by atoms with Gasteiger partial charge in [-0.25, -0.2) is 0 Å². The van der Waals surface area contributed by atoms with E-state index in [0.717, 1.165) is 17.5 Å². The molecule has 1 heterocycles. The highest BCUT2D eigenvalue weighted by atomic mass is 16.5. The van der Waals surface area contributed by atoms with E-state index >= 15 is 0 Å². The maximum atomic E-state index is 5.95. The van der Waals surface area contributed by atoms with Crippen LogP contribution in [0.5, 0.6) is 0 Å². The minimum absolute atomic E-state index is 0.531. The minimum Gasteiger partial charge on any atom is -0.398 e. The second kappa shape index (κ2) is 4.74.